The Morgan fingerprint density at radius 2 is 1.74 bits per heavy atom. The lowest BCUT2D eigenvalue weighted by Gasteiger charge is -2.20. The lowest BCUT2D eigenvalue weighted by molar-refractivity contribution is 0.214. The van der Waals surface area contributed by atoms with Crippen LogP contribution in [-0.2, 0) is 6.61 Å². The molecule has 0 aromatic heterocycles. The van der Waals surface area contributed by atoms with Crippen molar-refractivity contribution in [3.8, 4) is 5.75 Å². The van der Waals surface area contributed by atoms with Gasteiger partial charge in [0.05, 0.1) is 0 Å². The van der Waals surface area contributed by atoms with Gasteiger partial charge in [0.25, 0.3) is 0 Å². The number of rotatable bonds is 9. The average Bonchev–Trinajstić information content (AvgIpc) is 2.63. The van der Waals surface area contributed by atoms with Gasteiger partial charge in [0, 0.05) is 6.61 Å². The minimum absolute atomic E-state index is 0.158. The minimum atomic E-state index is 0.158. The molecule has 0 bridgehead atoms. The van der Waals surface area contributed by atoms with E-state index >= 15 is 0 Å². The van der Waals surface area contributed by atoms with E-state index in [9.17, 15) is 5.11 Å². The van der Waals surface area contributed by atoms with E-state index in [-0.39, 0.29) is 12.5 Å². The van der Waals surface area contributed by atoms with Gasteiger partial charge in [0.15, 0.2) is 0 Å². The molecule has 0 amide bonds. The molecule has 0 saturated carbocycles. The van der Waals surface area contributed by atoms with E-state index in [2.05, 4.69) is 31.2 Å². The minimum Gasteiger partial charge on any atom is -0.489 e. The zero-order valence-corrected chi connectivity index (χ0v) is 13.8. The maximum absolute atomic E-state index is 9.34. The van der Waals surface area contributed by atoms with Gasteiger partial charge in [-0.2, -0.15) is 0 Å². The lowest BCUT2D eigenvalue weighted by Crippen LogP contribution is -2.20. The second-order valence-corrected chi connectivity index (χ2v) is 5.97. The predicted molar refractivity (Wildman–Crippen MR) is 94.5 cm³/mol. The molecule has 2 atom stereocenters. The molecule has 23 heavy (non-hydrogen) atoms. The van der Waals surface area contributed by atoms with Crippen molar-refractivity contribution in [2.24, 2.45) is 11.7 Å². The summed E-state index contributed by atoms with van der Waals surface area (Å²) in [6, 6.07) is 18.5. The number of benzene rings is 2. The van der Waals surface area contributed by atoms with Crippen LogP contribution in [0.5, 0.6) is 5.75 Å². The third-order valence-electron chi connectivity index (χ3n) is 4.30. The highest BCUT2D eigenvalue weighted by molar-refractivity contribution is 5.30. The second-order valence-electron chi connectivity index (χ2n) is 5.97. The van der Waals surface area contributed by atoms with Gasteiger partial charge in [-0.1, -0.05) is 49.4 Å². The molecule has 0 fully saturated rings. The van der Waals surface area contributed by atoms with Gasteiger partial charge in [0.1, 0.15) is 12.4 Å². The van der Waals surface area contributed by atoms with Crippen LogP contribution in [0.2, 0.25) is 0 Å². The lowest BCUT2D eigenvalue weighted by atomic mass is 9.87. The van der Waals surface area contributed by atoms with E-state index in [1.54, 1.807) is 0 Å². The van der Waals surface area contributed by atoms with Crippen molar-refractivity contribution < 1.29 is 9.84 Å². The quantitative estimate of drug-likeness (QED) is 0.742. The van der Waals surface area contributed by atoms with Crippen LogP contribution < -0.4 is 10.5 Å². The predicted octanol–water partition coefficient (Wildman–Crippen LogP) is 3.72. The van der Waals surface area contributed by atoms with Gasteiger partial charge < -0.3 is 15.6 Å². The fraction of sp³-hybridized carbons (Fsp3) is 0.400. The Balaban J connectivity index is 1.94. The fourth-order valence-corrected chi connectivity index (χ4v) is 2.76. The third-order valence-corrected chi connectivity index (χ3v) is 4.30. The summed E-state index contributed by atoms with van der Waals surface area (Å²) >= 11 is 0. The van der Waals surface area contributed by atoms with E-state index in [1.165, 1.54) is 5.56 Å². The van der Waals surface area contributed by atoms with Crippen molar-refractivity contribution in [2.75, 3.05) is 13.2 Å². The normalized spacial score (nSPS) is 13.5. The van der Waals surface area contributed by atoms with E-state index < -0.39 is 0 Å². The van der Waals surface area contributed by atoms with Crippen LogP contribution in [0.3, 0.4) is 0 Å². The number of aliphatic hydroxyl groups excluding tert-OH is 1. The number of aliphatic hydroxyl groups is 1. The molecule has 0 spiro atoms. The molecule has 2 aromatic carbocycles. The van der Waals surface area contributed by atoms with Crippen molar-refractivity contribution in [1.82, 2.24) is 0 Å². The summed E-state index contributed by atoms with van der Waals surface area (Å²) in [6.45, 7) is 3.45. The monoisotopic (exact) mass is 313 g/mol. The molecular weight excluding hydrogens is 286 g/mol. The van der Waals surface area contributed by atoms with Crippen LogP contribution in [0.15, 0.2) is 54.6 Å². The fourth-order valence-electron chi connectivity index (χ4n) is 2.76. The van der Waals surface area contributed by atoms with Crippen LogP contribution in [0.1, 0.15) is 36.8 Å². The molecule has 0 heterocycles. The summed E-state index contributed by atoms with van der Waals surface area (Å²) in [4.78, 5) is 0. The largest absolute Gasteiger partial charge is 0.489 e. The molecule has 2 rings (SSSR count). The second kappa shape index (κ2) is 9.33. The average molecular weight is 313 g/mol. The van der Waals surface area contributed by atoms with Crippen LogP contribution in [-0.4, -0.2) is 18.3 Å². The van der Waals surface area contributed by atoms with Crippen molar-refractivity contribution in [3.63, 3.8) is 0 Å². The molecule has 0 radical (unpaired) electrons. The molecule has 0 aliphatic heterocycles. The van der Waals surface area contributed by atoms with Crippen molar-refractivity contribution in [3.05, 3.63) is 65.7 Å². The molecule has 2 aromatic rings. The number of hydrogen-bond acceptors (Lipinski definition) is 3. The maximum atomic E-state index is 9.34. The van der Waals surface area contributed by atoms with Gasteiger partial charge in [-0.05, 0) is 54.5 Å². The summed E-state index contributed by atoms with van der Waals surface area (Å²) in [5.41, 5.74) is 8.15. The Kier molecular flexibility index (Phi) is 7.11. The highest BCUT2D eigenvalue weighted by atomic mass is 16.5. The number of hydrogen-bond donors (Lipinski definition) is 2. The van der Waals surface area contributed by atoms with E-state index in [0.717, 1.165) is 24.2 Å². The molecule has 0 aliphatic carbocycles. The van der Waals surface area contributed by atoms with E-state index in [0.29, 0.717) is 19.1 Å². The Labute approximate surface area is 139 Å². The van der Waals surface area contributed by atoms with Crippen LogP contribution in [0.25, 0.3) is 0 Å². The Bertz CT molecular complexity index is 550. The summed E-state index contributed by atoms with van der Waals surface area (Å²) in [5, 5.41) is 9.34. The SMILES string of the molecule is CCC(CC(CN)CO)c1ccc(OCc2ccccc2)cc1. The van der Waals surface area contributed by atoms with Gasteiger partial charge in [-0.15, -0.1) is 0 Å². The first-order valence-corrected chi connectivity index (χ1v) is 8.34. The molecule has 0 aliphatic rings. The zero-order valence-electron chi connectivity index (χ0n) is 13.8. The number of nitrogens with two attached hydrogens (primary N) is 1. The van der Waals surface area contributed by atoms with Crippen LogP contribution in [0, 0.1) is 5.92 Å². The van der Waals surface area contributed by atoms with Crippen LogP contribution >= 0.6 is 0 Å². The third kappa shape index (κ3) is 5.38. The smallest absolute Gasteiger partial charge is 0.119 e. The molecule has 0 saturated heterocycles. The first kappa shape index (κ1) is 17.5. The zero-order chi connectivity index (χ0) is 16.5. The van der Waals surface area contributed by atoms with Gasteiger partial charge >= 0.3 is 0 Å². The van der Waals surface area contributed by atoms with Crippen molar-refractivity contribution in [2.45, 2.75) is 32.3 Å². The van der Waals surface area contributed by atoms with Crippen LogP contribution in [0.4, 0.5) is 0 Å². The van der Waals surface area contributed by atoms with Crippen molar-refractivity contribution >= 4 is 0 Å². The molecular formula is C20H27NO2. The molecule has 124 valence electrons. The number of ether oxygens (including phenoxy) is 1. The Hall–Kier alpha value is -1.84. The molecule has 3 heteroatoms. The summed E-state index contributed by atoms with van der Waals surface area (Å²) in [5.74, 6) is 1.48. The van der Waals surface area contributed by atoms with Gasteiger partial charge in [-0.3, -0.25) is 0 Å². The van der Waals surface area contributed by atoms with Crippen molar-refractivity contribution in [1.29, 1.82) is 0 Å². The summed E-state index contributed by atoms with van der Waals surface area (Å²) in [6.07, 6.45) is 1.97. The molecule has 2 unspecified atom stereocenters. The van der Waals surface area contributed by atoms with Gasteiger partial charge in [0.2, 0.25) is 0 Å². The first-order valence-electron chi connectivity index (χ1n) is 8.34. The first-order chi connectivity index (χ1) is 11.3. The standard InChI is InChI=1S/C20H27NO2/c1-2-18(12-17(13-21)14-22)19-8-10-20(11-9-19)23-15-16-6-4-3-5-7-16/h3-11,17-18,22H,2,12-15,21H2,1H3. The Morgan fingerprint density at radius 3 is 2.30 bits per heavy atom. The molecule has 3 N–H and O–H groups in total. The van der Waals surface area contributed by atoms with Gasteiger partial charge in [-0.25, -0.2) is 0 Å². The van der Waals surface area contributed by atoms with E-state index in [1.807, 2.05) is 30.3 Å². The maximum Gasteiger partial charge on any atom is 0.119 e. The molecule has 3 nitrogen and oxygen atoms in total. The topological polar surface area (TPSA) is 55.5 Å². The summed E-state index contributed by atoms with van der Waals surface area (Å²) in [7, 11) is 0. The summed E-state index contributed by atoms with van der Waals surface area (Å²) < 4.78 is 5.82. The Morgan fingerprint density at radius 1 is 1.04 bits per heavy atom. The highest BCUT2D eigenvalue weighted by Gasteiger charge is 2.15. The highest BCUT2D eigenvalue weighted by Crippen LogP contribution is 2.28. The van der Waals surface area contributed by atoms with E-state index in [4.69, 9.17) is 10.5 Å².